The summed E-state index contributed by atoms with van der Waals surface area (Å²) in [7, 11) is 0. The molecule has 1 unspecified atom stereocenters. The molecule has 1 heteroatoms. The van der Waals surface area contributed by atoms with Gasteiger partial charge in [-0.05, 0) is 19.3 Å². The van der Waals surface area contributed by atoms with Gasteiger partial charge in [0.15, 0.2) is 0 Å². The van der Waals surface area contributed by atoms with Gasteiger partial charge >= 0.3 is 0 Å². The molecule has 1 fully saturated rings. The third-order valence-corrected chi connectivity index (χ3v) is 2.90. The predicted molar refractivity (Wildman–Crippen MR) is 51.0 cm³/mol. The largest absolute Gasteiger partial charge is 0.299 e. The highest BCUT2D eigenvalue weighted by Crippen LogP contribution is 2.34. The predicted octanol–water partition coefficient (Wildman–Crippen LogP) is 3.10. The number of carbonyl (C=O) groups excluding carboxylic acids is 1. The number of Topliss-reactive ketones (excluding diaryl/α,β-unsaturated/α-hetero) is 1. The quantitative estimate of drug-likeness (QED) is 0.455. The van der Waals surface area contributed by atoms with E-state index in [9.17, 15) is 4.79 Å². The zero-order chi connectivity index (χ0) is 9.03. The average Bonchev–Trinajstić information content (AvgIpc) is 2.17. The molecule has 0 aromatic rings. The van der Waals surface area contributed by atoms with Crippen LogP contribution in [0.1, 0.15) is 45.4 Å². The van der Waals surface area contributed by atoms with Gasteiger partial charge in [-0.25, -0.2) is 0 Å². The summed E-state index contributed by atoms with van der Waals surface area (Å²) in [6.45, 7) is 5.80. The van der Waals surface area contributed by atoms with E-state index in [0.717, 1.165) is 25.7 Å². The van der Waals surface area contributed by atoms with Crippen molar-refractivity contribution in [2.75, 3.05) is 0 Å². The zero-order valence-corrected chi connectivity index (χ0v) is 7.94. The van der Waals surface area contributed by atoms with Crippen LogP contribution in [-0.2, 0) is 4.79 Å². The number of hydrogen-bond acceptors (Lipinski definition) is 1. The van der Waals surface area contributed by atoms with Gasteiger partial charge in [-0.3, -0.25) is 4.79 Å². The first-order valence-corrected chi connectivity index (χ1v) is 4.83. The van der Waals surface area contributed by atoms with E-state index in [1.165, 1.54) is 12.8 Å². The van der Waals surface area contributed by atoms with Crippen LogP contribution in [0.25, 0.3) is 0 Å². The molecule has 1 saturated carbocycles. The molecule has 0 radical (unpaired) electrons. The topological polar surface area (TPSA) is 17.1 Å². The Hall–Kier alpha value is -0.590. The number of carbonyl (C=O) groups is 1. The van der Waals surface area contributed by atoms with Crippen molar-refractivity contribution in [3.05, 3.63) is 12.7 Å². The fourth-order valence-electron chi connectivity index (χ4n) is 1.95. The van der Waals surface area contributed by atoms with Crippen LogP contribution in [-0.4, -0.2) is 5.78 Å². The number of allylic oxidation sites excluding steroid dienone is 1. The van der Waals surface area contributed by atoms with E-state index in [1.54, 1.807) is 0 Å². The zero-order valence-electron chi connectivity index (χ0n) is 7.94. The summed E-state index contributed by atoms with van der Waals surface area (Å²) in [6, 6.07) is 0. The maximum Gasteiger partial charge on any atom is 0.139 e. The van der Waals surface area contributed by atoms with Crippen molar-refractivity contribution in [2.24, 2.45) is 5.41 Å². The molecule has 1 rings (SSSR count). The van der Waals surface area contributed by atoms with Gasteiger partial charge in [0, 0.05) is 11.8 Å². The van der Waals surface area contributed by atoms with Crippen molar-refractivity contribution in [3.63, 3.8) is 0 Å². The Morgan fingerprint density at radius 1 is 1.50 bits per heavy atom. The van der Waals surface area contributed by atoms with Crippen molar-refractivity contribution in [1.82, 2.24) is 0 Å². The molecule has 0 aromatic heterocycles. The lowest BCUT2D eigenvalue weighted by Gasteiger charge is -2.24. The highest BCUT2D eigenvalue weighted by molar-refractivity contribution is 5.84. The molecule has 0 bridgehead atoms. The van der Waals surface area contributed by atoms with Gasteiger partial charge in [0.2, 0.25) is 0 Å². The molecule has 0 amide bonds. The third kappa shape index (κ3) is 1.96. The van der Waals surface area contributed by atoms with E-state index >= 15 is 0 Å². The van der Waals surface area contributed by atoms with Gasteiger partial charge in [0.05, 0.1) is 0 Å². The summed E-state index contributed by atoms with van der Waals surface area (Å²) >= 11 is 0. The van der Waals surface area contributed by atoms with Crippen molar-refractivity contribution in [2.45, 2.75) is 45.4 Å². The first-order valence-electron chi connectivity index (χ1n) is 4.83. The molecule has 1 nitrogen and oxygen atoms in total. The second-order valence-electron chi connectivity index (χ2n) is 4.04. The molecule has 12 heavy (non-hydrogen) atoms. The summed E-state index contributed by atoms with van der Waals surface area (Å²) < 4.78 is 0. The van der Waals surface area contributed by atoms with E-state index in [1.807, 2.05) is 6.08 Å². The Balaban J connectivity index is 2.68. The molecule has 0 heterocycles. The highest BCUT2D eigenvalue weighted by atomic mass is 16.1. The van der Waals surface area contributed by atoms with Gasteiger partial charge in [-0.1, -0.05) is 25.8 Å². The maximum absolute atomic E-state index is 11.7. The summed E-state index contributed by atoms with van der Waals surface area (Å²) in [5, 5.41) is 0. The monoisotopic (exact) mass is 166 g/mol. The minimum Gasteiger partial charge on any atom is -0.299 e. The van der Waals surface area contributed by atoms with Crippen LogP contribution in [0.5, 0.6) is 0 Å². The van der Waals surface area contributed by atoms with Gasteiger partial charge < -0.3 is 0 Å². The number of ketones is 1. The second-order valence-corrected chi connectivity index (χ2v) is 4.04. The maximum atomic E-state index is 11.7. The lowest BCUT2D eigenvalue weighted by atomic mass is 9.78. The Labute approximate surface area is 74.9 Å². The lowest BCUT2D eigenvalue weighted by Crippen LogP contribution is -2.25. The fourth-order valence-corrected chi connectivity index (χ4v) is 1.95. The Kier molecular flexibility index (Phi) is 3.07. The van der Waals surface area contributed by atoms with Crippen LogP contribution in [0.15, 0.2) is 12.7 Å². The van der Waals surface area contributed by atoms with Crippen LogP contribution in [0.3, 0.4) is 0 Å². The SMILES string of the molecule is C=CCC1(C)CCCCCC1=O. The molecule has 0 N–H and O–H groups in total. The van der Waals surface area contributed by atoms with E-state index in [4.69, 9.17) is 0 Å². The van der Waals surface area contributed by atoms with Crippen LogP contribution in [0.2, 0.25) is 0 Å². The molecule has 1 atom stereocenters. The Bertz CT molecular complexity index is 183. The van der Waals surface area contributed by atoms with Gasteiger partial charge in [-0.2, -0.15) is 0 Å². The molecule has 68 valence electrons. The molecular formula is C11H18O. The second kappa shape index (κ2) is 3.88. The number of hydrogen-bond donors (Lipinski definition) is 0. The van der Waals surface area contributed by atoms with E-state index in [2.05, 4.69) is 13.5 Å². The smallest absolute Gasteiger partial charge is 0.139 e. The van der Waals surface area contributed by atoms with Gasteiger partial charge in [0.1, 0.15) is 5.78 Å². The minimum absolute atomic E-state index is 0.0851. The van der Waals surface area contributed by atoms with Crippen LogP contribution >= 0.6 is 0 Å². The Morgan fingerprint density at radius 3 is 2.92 bits per heavy atom. The molecule has 1 aliphatic rings. The van der Waals surface area contributed by atoms with Crippen molar-refractivity contribution in [3.8, 4) is 0 Å². The first kappa shape index (κ1) is 9.50. The third-order valence-electron chi connectivity index (χ3n) is 2.90. The van der Waals surface area contributed by atoms with Crippen molar-refractivity contribution >= 4 is 5.78 Å². The molecule has 0 aliphatic heterocycles. The normalized spacial score (nSPS) is 31.2. The Morgan fingerprint density at radius 2 is 2.25 bits per heavy atom. The van der Waals surface area contributed by atoms with E-state index in [0.29, 0.717) is 5.78 Å². The average molecular weight is 166 g/mol. The summed E-state index contributed by atoms with van der Waals surface area (Å²) in [5.41, 5.74) is -0.0851. The molecular weight excluding hydrogens is 148 g/mol. The van der Waals surface area contributed by atoms with Crippen LogP contribution < -0.4 is 0 Å². The van der Waals surface area contributed by atoms with Gasteiger partial charge in [-0.15, -0.1) is 6.58 Å². The molecule has 1 aliphatic carbocycles. The molecule has 0 aromatic carbocycles. The summed E-state index contributed by atoms with van der Waals surface area (Å²) in [4.78, 5) is 11.7. The van der Waals surface area contributed by atoms with Crippen LogP contribution in [0.4, 0.5) is 0 Å². The van der Waals surface area contributed by atoms with E-state index in [-0.39, 0.29) is 5.41 Å². The molecule has 0 saturated heterocycles. The standard InChI is InChI=1S/C11H18O/c1-3-8-11(2)9-6-4-5-7-10(11)12/h3H,1,4-9H2,2H3. The highest BCUT2D eigenvalue weighted by Gasteiger charge is 2.31. The van der Waals surface area contributed by atoms with Crippen LogP contribution in [0, 0.1) is 5.41 Å². The van der Waals surface area contributed by atoms with Crippen molar-refractivity contribution in [1.29, 1.82) is 0 Å². The first-order chi connectivity index (χ1) is 5.69. The van der Waals surface area contributed by atoms with Gasteiger partial charge in [0.25, 0.3) is 0 Å². The fraction of sp³-hybridized carbons (Fsp3) is 0.727. The minimum atomic E-state index is -0.0851. The lowest BCUT2D eigenvalue weighted by molar-refractivity contribution is -0.127. The molecule has 0 spiro atoms. The van der Waals surface area contributed by atoms with E-state index < -0.39 is 0 Å². The van der Waals surface area contributed by atoms with Crippen molar-refractivity contribution < 1.29 is 4.79 Å². The number of rotatable bonds is 2. The summed E-state index contributed by atoms with van der Waals surface area (Å²) in [6.07, 6.45) is 8.08. The summed E-state index contributed by atoms with van der Waals surface area (Å²) in [5.74, 6) is 0.444.